The van der Waals surface area contributed by atoms with Crippen molar-refractivity contribution in [1.82, 2.24) is 10.2 Å². The molecule has 0 aromatic rings. The maximum atomic E-state index is 11.2. The minimum atomic E-state index is 0.186. The van der Waals surface area contributed by atoms with E-state index in [1.807, 2.05) is 20.9 Å². The van der Waals surface area contributed by atoms with Crippen molar-refractivity contribution >= 4 is 5.91 Å². The van der Waals surface area contributed by atoms with E-state index in [0.29, 0.717) is 12.5 Å². The third kappa shape index (κ3) is 7.78. The number of carbonyl (C=O) groups excluding carboxylic acids is 1. The first-order valence-corrected chi connectivity index (χ1v) is 4.99. The summed E-state index contributed by atoms with van der Waals surface area (Å²) in [7, 11) is 5.45. The van der Waals surface area contributed by atoms with Crippen molar-refractivity contribution in [1.29, 1.82) is 0 Å². The van der Waals surface area contributed by atoms with E-state index in [1.165, 1.54) is 0 Å². The van der Waals surface area contributed by atoms with Crippen molar-refractivity contribution in [2.45, 2.75) is 39.7 Å². The number of rotatable bonds is 4. The third-order valence-corrected chi connectivity index (χ3v) is 1.82. The summed E-state index contributed by atoms with van der Waals surface area (Å²) < 4.78 is 0. The van der Waals surface area contributed by atoms with Gasteiger partial charge >= 0.3 is 0 Å². The van der Waals surface area contributed by atoms with Crippen molar-refractivity contribution < 1.29 is 4.79 Å². The molecule has 0 radical (unpaired) electrons. The second-order valence-electron chi connectivity index (χ2n) is 2.89. The number of carbonyl (C=O) groups is 1. The molecule has 0 aliphatic heterocycles. The average Bonchev–Trinajstić information content (AvgIpc) is 2.16. The summed E-state index contributed by atoms with van der Waals surface area (Å²) in [6.07, 6.45) is 1.59. The second-order valence-corrected chi connectivity index (χ2v) is 2.89. The van der Waals surface area contributed by atoms with Crippen molar-refractivity contribution in [3.8, 4) is 0 Å². The molecule has 1 unspecified atom stereocenters. The Hall–Kier alpha value is -0.570. The summed E-state index contributed by atoms with van der Waals surface area (Å²) in [5.74, 6) is 0.186. The Morgan fingerprint density at radius 1 is 1.38 bits per heavy atom. The zero-order valence-corrected chi connectivity index (χ0v) is 9.85. The fourth-order valence-corrected chi connectivity index (χ4v) is 0.844. The van der Waals surface area contributed by atoms with Crippen LogP contribution in [0.5, 0.6) is 0 Å². The first-order valence-electron chi connectivity index (χ1n) is 4.99. The molecule has 13 heavy (non-hydrogen) atoms. The predicted molar refractivity (Wildman–Crippen MR) is 57.8 cm³/mol. The van der Waals surface area contributed by atoms with Crippen LogP contribution in [-0.4, -0.2) is 38.0 Å². The summed E-state index contributed by atoms with van der Waals surface area (Å²) >= 11 is 0. The van der Waals surface area contributed by atoms with Crippen LogP contribution in [0.4, 0.5) is 0 Å². The number of nitrogens with zero attached hydrogens (tertiary/aromatic N) is 1. The highest BCUT2D eigenvalue weighted by Crippen LogP contribution is 1.98. The van der Waals surface area contributed by atoms with Gasteiger partial charge in [0.2, 0.25) is 5.91 Å². The van der Waals surface area contributed by atoms with Crippen LogP contribution < -0.4 is 5.32 Å². The Labute approximate surface area is 82.5 Å². The van der Waals surface area contributed by atoms with Crippen LogP contribution in [0, 0.1) is 0 Å². The highest BCUT2D eigenvalue weighted by molar-refractivity contribution is 5.76. The molecule has 80 valence electrons. The molecule has 3 nitrogen and oxygen atoms in total. The van der Waals surface area contributed by atoms with Crippen molar-refractivity contribution in [2.24, 2.45) is 0 Å². The predicted octanol–water partition coefficient (Wildman–Crippen LogP) is 1.49. The third-order valence-electron chi connectivity index (χ3n) is 1.82. The zero-order chi connectivity index (χ0) is 10.9. The van der Waals surface area contributed by atoms with E-state index in [-0.39, 0.29) is 5.91 Å². The van der Waals surface area contributed by atoms with Gasteiger partial charge in [0.25, 0.3) is 0 Å². The van der Waals surface area contributed by atoms with E-state index >= 15 is 0 Å². The summed E-state index contributed by atoms with van der Waals surface area (Å²) in [4.78, 5) is 12.8. The fourth-order valence-electron chi connectivity index (χ4n) is 0.844. The molecular weight excluding hydrogens is 164 g/mol. The minimum absolute atomic E-state index is 0.186. The van der Waals surface area contributed by atoms with Crippen LogP contribution in [0.25, 0.3) is 0 Å². The van der Waals surface area contributed by atoms with E-state index in [2.05, 4.69) is 12.2 Å². The van der Waals surface area contributed by atoms with E-state index in [1.54, 1.807) is 19.0 Å². The van der Waals surface area contributed by atoms with E-state index in [0.717, 1.165) is 6.42 Å². The molecule has 0 bridgehead atoms. The molecule has 0 fully saturated rings. The number of amides is 1. The van der Waals surface area contributed by atoms with E-state index < -0.39 is 0 Å². The standard InChI is InChI=1S/C8H18N2O.C2H6/c1-5-7(9-2)6-8(11)10(3)4;1-2/h7,9H,5-6H2,1-4H3;1-2H3. The Kier molecular flexibility index (Phi) is 10.9. The largest absolute Gasteiger partial charge is 0.349 e. The van der Waals surface area contributed by atoms with Gasteiger partial charge in [-0.2, -0.15) is 0 Å². The van der Waals surface area contributed by atoms with Crippen LogP contribution in [0.15, 0.2) is 0 Å². The number of nitrogens with one attached hydrogen (secondary N) is 1. The van der Waals surface area contributed by atoms with Crippen molar-refractivity contribution in [3.63, 3.8) is 0 Å². The molecule has 1 N–H and O–H groups in total. The van der Waals surface area contributed by atoms with Crippen LogP contribution >= 0.6 is 0 Å². The second kappa shape index (κ2) is 9.52. The molecule has 0 aliphatic carbocycles. The lowest BCUT2D eigenvalue weighted by atomic mass is 10.1. The highest BCUT2D eigenvalue weighted by atomic mass is 16.2. The van der Waals surface area contributed by atoms with E-state index in [9.17, 15) is 4.79 Å². The van der Waals surface area contributed by atoms with Gasteiger partial charge in [0, 0.05) is 26.6 Å². The lowest BCUT2D eigenvalue weighted by Gasteiger charge is -2.16. The monoisotopic (exact) mass is 188 g/mol. The molecule has 3 heteroatoms. The lowest BCUT2D eigenvalue weighted by Crippen LogP contribution is -2.32. The molecular formula is C10H24N2O. The molecule has 0 rings (SSSR count). The molecule has 0 heterocycles. The first-order chi connectivity index (χ1) is 6.11. The van der Waals surface area contributed by atoms with Gasteiger partial charge in [-0.05, 0) is 13.5 Å². The molecule has 0 saturated carbocycles. The SMILES string of the molecule is CC.CCC(CC(=O)N(C)C)NC. The average molecular weight is 188 g/mol. The smallest absolute Gasteiger partial charge is 0.223 e. The van der Waals surface area contributed by atoms with Crippen molar-refractivity contribution in [3.05, 3.63) is 0 Å². The van der Waals surface area contributed by atoms with Crippen molar-refractivity contribution in [2.75, 3.05) is 21.1 Å². The number of hydrogen-bond donors (Lipinski definition) is 1. The minimum Gasteiger partial charge on any atom is -0.349 e. The summed E-state index contributed by atoms with van der Waals surface area (Å²) in [6, 6.07) is 0.324. The van der Waals surface area contributed by atoms with Gasteiger partial charge in [0.1, 0.15) is 0 Å². The van der Waals surface area contributed by atoms with Gasteiger partial charge in [0.15, 0.2) is 0 Å². The fraction of sp³-hybridized carbons (Fsp3) is 0.900. The zero-order valence-electron chi connectivity index (χ0n) is 9.85. The molecule has 0 aromatic heterocycles. The van der Waals surface area contributed by atoms with Crippen LogP contribution in [0.3, 0.4) is 0 Å². The van der Waals surface area contributed by atoms with Gasteiger partial charge in [-0.3, -0.25) is 4.79 Å². The van der Waals surface area contributed by atoms with Gasteiger partial charge in [-0.25, -0.2) is 0 Å². The summed E-state index contributed by atoms with van der Waals surface area (Å²) in [5.41, 5.74) is 0. The van der Waals surface area contributed by atoms with E-state index in [4.69, 9.17) is 0 Å². The summed E-state index contributed by atoms with van der Waals surface area (Å²) in [6.45, 7) is 6.07. The Balaban J connectivity index is 0. The highest BCUT2D eigenvalue weighted by Gasteiger charge is 2.10. The van der Waals surface area contributed by atoms with Gasteiger partial charge in [0.05, 0.1) is 0 Å². The molecule has 0 aromatic carbocycles. The summed E-state index contributed by atoms with van der Waals surface area (Å²) in [5, 5.41) is 3.09. The Bertz CT molecular complexity index is 120. The molecule has 0 aliphatic rings. The molecule has 0 saturated heterocycles. The molecule has 1 atom stereocenters. The lowest BCUT2D eigenvalue weighted by molar-refractivity contribution is -0.129. The quantitative estimate of drug-likeness (QED) is 0.725. The Morgan fingerprint density at radius 3 is 2.08 bits per heavy atom. The molecule has 1 amide bonds. The molecule has 0 spiro atoms. The Morgan fingerprint density at radius 2 is 1.85 bits per heavy atom. The van der Waals surface area contributed by atoms with Crippen LogP contribution in [0.1, 0.15) is 33.6 Å². The maximum Gasteiger partial charge on any atom is 0.223 e. The first kappa shape index (κ1) is 14.9. The number of hydrogen-bond acceptors (Lipinski definition) is 2. The van der Waals surface area contributed by atoms with Crippen LogP contribution in [0.2, 0.25) is 0 Å². The maximum absolute atomic E-state index is 11.2. The van der Waals surface area contributed by atoms with Crippen LogP contribution in [-0.2, 0) is 4.79 Å². The van der Waals surface area contributed by atoms with Gasteiger partial charge in [-0.15, -0.1) is 0 Å². The normalized spacial score (nSPS) is 11.2. The van der Waals surface area contributed by atoms with Gasteiger partial charge < -0.3 is 10.2 Å². The van der Waals surface area contributed by atoms with Gasteiger partial charge in [-0.1, -0.05) is 20.8 Å². The topological polar surface area (TPSA) is 32.3 Å².